The molecule has 20 heavy (non-hydrogen) atoms. The van der Waals surface area contributed by atoms with Crippen molar-refractivity contribution in [3.05, 3.63) is 64.7 Å². The summed E-state index contributed by atoms with van der Waals surface area (Å²) in [6.07, 6.45) is 1.80. The summed E-state index contributed by atoms with van der Waals surface area (Å²) < 4.78 is 5.12. The Balaban J connectivity index is 1.95. The Bertz CT molecular complexity index is 645. The highest BCUT2D eigenvalue weighted by Crippen LogP contribution is 2.50. The average Bonchev–Trinajstić information content (AvgIpc) is 3.29. The molecular formula is C17H15ClO2. The molecule has 0 atom stereocenters. The lowest BCUT2D eigenvalue weighted by Gasteiger charge is -2.15. The van der Waals surface area contributed by atoms with Crippen molar-refractivity contribution >= 4 is 17.4 Å². The molecule has 2 aromatic rings. The fourth-order valence-corrected chi connectivity index (χ4v) is 2.87. The molecule has 2 nitrogen and oxygen atoms in total. The van der Waals surface area contributed by atoms with Crippen LogP contribution in [0.5, 0.6) is 5.75 Å². The Labute approximate surface area is 123 Å². The van der Waals surface area contributed by atoms with Crippen molar-refractivity contribution < 1.29 is 9.53 Å². The van der Waals surface area contributed by atoms with Gasteiger partial charge in [-0.2, -0.15) is 0 Å². The molecule has 0 saturated heterocycles. The highest BCUT2D eigenvalue weighted by atomic mass is 35.5. The standard InChI is InChI=1S/C17H15ClO2/c1-20-15-8-7-12(11-14(15)18)16(19)17(9-10-17)13-5-3-2-4-6-13/h2-8,11H,9-10H2,1H3. The van der Waals surface area contributed by atoms with E-state index in [2.05, 4.69) is 0 Å². The first kappa shape index (κ1) is 13.2. The van der Waals surface area contributed by atoms with Gasteiger partial charge in [0.25, 0.3) is 0 Å². The minimum Gasteiger partial charge on any atom is -0.495 e. The predicted molar refractivity (Wildman–Crippen MR) is 79.7 cm³/mol. The number of methoxy groups -OCH3 is 1. The molecule has 0 spiro atoms. The Morgan fingerprint density at radius 3 is 2.40 bits per heavy atom. The lowest BCUT2D eigenvalue weighted by Crippen LogP contribution is -2.20. The van der Waals surface area contributed by atoms with Crippen LogP contribution in [0, 0.1) is 0 Å². The monoisotopic (exact) mass is 286 g/mol. The number of benzene rings is 2. The quantitative estimate of drug-likeness (QED) is 0.785. The van der Waals surface area contributed by atoms with Gasteiger partial charge in [-0.25, -0.2) is 0 Å². The van der Waals surface area contributed by atoms with Crippen LogP contribution >= 0.6 is 11.6 Å². The number of Topliss-reactive ketones (excluding diaryl/α,β-unsaturated/α-hetero) is 1. The van der Waals surface area contributed by atoms with E-state index in [1.54, 1.807) is 25.3 Å². The molecule has 1 fully saturated rings. The highest BCUT2D eigenvalue weighted by Gasteiger charge is 2.51. The van der Waals surface area contributed by atoms with Crippen LogP contribution in [0.1, 0.15) is 28.8 Å². The second-order valence-corrected chi connectivity index (χ2v) is 5.53. The van der Waals surface area contributed by atoms with Crippen molar-refractivity contribution in [2.45, 2.75) is 18.3 Å². The first-order chi connectivity index (χ1) is 9.67. The minimum absolute atomic E-state index is 0.147. The van der Waals surface area contributed by atoms with Crippen molar-refractivity contribution in [3.8, 4) is 5.75 Å². The van der Waals surface area contributed by atoms with Crippen LogP contribution in [-0.4, -0.2) is 12.9 Å². The van der Waals surface area contributed by atoms with E-state index in [0.717, 1.165) is 18.4 Å². The number of halogens is 1. The number of hydrogen-bond acceptors (Lipinski definition) is 2. The molecule has 1 aliphatic rings. The molecule has 1 aliphatic carbocycles. The van der Waals surface area contributed by atoms with E-state index in [9.17, 15) is 4.79 Å². The Kier molecular flexibility index (Phi) is 3.27. The molecule has 0 aliphatic heterocycles. The average molecular weight is 287 g/mol. The lowest BCUT2D eigenvalue weighted by molar-refractivity contribution is 0.0946. The maximum Gasteiger partial charge on any atom is 0.173 e. The van der Waals surface area contributed by atoms with Gasteiger partial charge in [0, 0.05) is 5.56 Å². The first-order valence-electron chi connectivity index (χ1n) is 6.61. The molecule has 1 saturated carbocycles. The van der Waals surface area contributed by atoms with Gasteiger partial charge in [0.2, 0.25) is 0 Å². The summed E-state index contributed by atoms with van der Waals surface area (Å²) in [5, 5.41) is 0.474. The molecule has 0 unspecified atom stereocenters. The normalized spacial score (nSPS) is 15.7. The Hall–Kier alpha value is -1.80. The second kappa shape index (κ2) is 4.95. The highest BCUT2D eigenvalue weighted by molar-refractivity contribution is 6.32. The SMILES string of the molecule is COc1ccc(C(=O)C2(c3ccccc3)CC2)cc1Cl. The Morgan fingerprint density at radius 2 is 1.85 bits per heavy atom. The maximum absolute atomic E-state index is 12.8. The number of ketones is 1. The molecule has 0 heterocycles. The molecule has 3 heteroatoms. The molecule has 102 valence electrons. The van der Waals surface area contributed by atoms with Crippen molar-refractivity contribution in [1.29, 1.82) is 0 Å². The molecule has 0 aromatic heterocycles. The van der Waals surface area contributed by atoms with Gasteiger partial charge in [0.1, 0.15) is 5.75 Å². The lowest BCUT2D eigenvalue weighted by atomic mass is 9.87. The summed E-state index contributed by atoms with van der Waals surface area (Å²) in [7, 11) is 1.56. The summed E-state index contributed by atoms with van der Waals surface area (Å²) >= 11 is 6.11. The summed E-state index contributed by atoms with van der Waals surface area (Å²) in [6.45, 7) is 0. The van der Waals surface area contributed by atoms with Gasteiger partial charge in [0.15, 0.2) is 5.78 Å². The van der Waals surface area contributed by atoms with Crippen LogP contribution in [0.15, 0.2) is 48.5 Å². The molecule has 0 radical (unpaired) electrons. The van der Waals surface area contributed by atoms with E-state index in [1.165, 1.54) is 0 Å². The van der Waals surface area contributed by atoms with E-state index in [0.29, 0.717) is 16.3 Å². The van der Waals surface area contributed by atoms with Gasteiger partial charge < -0.3 is 4.74 Å². The smallest absolute Gasteiger partial charge is 0.173 e. The zero-order chi connectivity index (χ0) is 14.2. The third kappa shape index (κ3) is 2.10. The zero-order valence-corrected chi connectivity index (χ0v) is 12.0. The Morgan fingerprint density at radius 1 is 1.15 bits per heavy atom. The number of hydrogen-bond donors (Lipinski definition) is 0. The van der Waals surface area contributed by atoms with Crippen molar-refractivity contribution in [3.63, 3.8) is 0 Å². The third-order valence-electron chi connectivity index (χ3n) is 3.93. The van der Waals surface area contributed by atoms with Crippen molar-refractivity contribution in [1.82, 2.24) is 0 Å². The number of carbonyl (C=O) groups excluding carboxylic acids is 1. The van der Waals surface area contributed by atoms with Crippen LogP contribution in [0.3, 0.4) is 0 Å². The van der Waals surface area contributed by atoms with Gasteiger partial charge in [-0.3, -0.25) is 4.79 Å². The van der Waals surface area contributed by atoms with Gasteiger partial charge in [-0.15, -0.1) is 0 Å². The first-order valence-corrected chi connectivity index (χ1v) is 6.99. The van der Waals surface area contributed by atoms with Gasteiger partial charge in [-0.05, 0) is 36.6 Å². The number of carbonyl (C=O) groups is 1. The van der Waals surface area contributed by atoms with Crippen LogP contribution < -0.4 is 4.74 Å². The van der Waals surface area contributed by atoms with Crippen molar-refractivity contribution in [2.24, 2.45) is 0 Å². The van der Waals surface area contributed by atoms with E-state index in [-0.39, 0.29) is 11.2 Å². The molecule has 2 aromatic carbocycles. The van der Waals surface area contributed by atoms with E-state index in [1.807, 2.05) is 30.3 Å². The largest absolute Gasteiger partial charge is 0.495 e. The zero-order valence-electron chi connectivity index (χ0n) is 11.2. The number of ether oxygens (including phenoxy) is 1. The van der Waals surface area contributed by atoms with Crippen LogP contribution in [0.4, 0.5) is 0 Å². The van der Waals surface area contributed by atoms with E-state index >= 15 is 0 Å². The van der Waals surface area contributed by atoms with Crippen molar-refractivity contribution in [2.75, 3.05) is 7.11 Å². The van der Waals surface area contributed by atoms with E-state index in [4.69, 9.17) is 16.3 Å². The summed E-state index contributed by atoms with van der Waals surface area (Å²) in [5.74, 6) is 0.737. The van der Waals surface area contributed by atoms with Gasteiger partial charge >= 0.3 is 0 Å². The number of rotatable bonds is 4. The predicted octanol–water partition coefficient (Wildman–Crippen LogP) is 4.26. The fourth-order valence-electron chi connectivity index (χ4n) is 2.61. The molecular weight excluding hydrogens is 272 g/mol. The van der Waals surface area contributed by atoms with Crippen LogP contribution in [0.25, 0.3) is 0 Å². The minimum atomic E-state index is -0.348. The van der Waals surface area contributed by atoms with E-state index < -0.39 is 0 Å². The van der Waals surface area contributed by atoms with Crippen LogP contribution in [0.2, 0.25) is 5.02 Å². The molecule has 3 rings (SSSR count). The second-order valence-electron chi connectivity index (χ2n) is 5.13. The molecule has 0 N–H and O–H groups in total. The molecule has 0 amide bonds. The third-order valence-corrected chi connectivity index (χ3v) is 4.22. The summed E-state index contributed by atoms with van der Waals surface area (Å²) in [6, 6.07) is 15.2. The topological polar surface area (TPSA) is 26.3 Å². The fraction of sp³-hybridized carbons (Fsp3) is 0.235. The van der Waals surface area contributed by atoms with Crippen LogP contribution in [-0.2, 0) is 5.41 Å². The maximum atomic E-state index is 12.8. The van der Waals surface area contributed by atoms with Gasteiger partial charge in [0.05, 0.1) is 17.5 Å². The summed E-state index contributed by atoms with van der Waals surface area (Å²) in [4.78, 5) is 12.8. The van der Waals surface area contributed by atoms with Gasteiger partial charge in [-0.1, -0.05) is 41.9 Å². The summed E-state index contributed by atoms with van der Waals surface area (Å²) in [5.41, 5.74) is 1.40. The molecule has 0 bridgehead atoms.